The third kappa shape index (κ3) is 3.71. The van der Waals surface area contributed by atoms with Gasteiger partial charge in [-0.3, -0.25) is 9.78 Å². The van der Waals surface area contributed by atoms with Crippen LogP contribution in [0.15, 0.2) is 24.4 Å². The zero-order valence-corrected chi connectivity index (χ0v) is 16.8. The lowest BCUT2D eigenvalue weighted by atomic mass is 9.89. The van der Waals surface area contributed by atoms with Crippen LogP contribution in [-0.4, -0.2) is 64.1 Å². The van der Waals surface area contributed by atoms with Gasteiger partial charge in [0.05, 0.1) is 24.3 Å². The summed E-state index contributed by atoms with van der Waals surface area (Å²) >= 11 is 0. The van der Waals surface area contributed by atoms with E-state index in [1.165, 1.54) is 0 Å². The first-order chi connectivity index (χ1) is 13.5. The van der Waals surface area contributed by atoms with Gasteiger partial charge in [0.15, 0.2) is 0 Å². The maximum absolute atomic E-state index is 13.0. The molecule has 0 radical (unpaired) electrons. The molecule has 4 heterocycles. The Morgan fingerprint density at radius 2 is 1.93 bits per heavy atom. The van der Waals surface area contributed by atoms with Crippen LogP contribution < -0.4 is 4.90 Å². The van der Waals surface area contributed by atoms with Crippen molar-refractivity contribution in [2.45, 2.75) is 39.2 Å². The maximum atomic E-state index is 13.0. The zero-order valence-electron chi connectivity index (χ0n) is 16.8. The quantitative estimate of drug-likeness (QED) is 0.795. The number of morpholine rings is 1. The Morgan fingerprint density at radius 1 is 1.14 bits per heavy atom. The molecule has 2 saturated heterocycles. The molecule has 0 bridgehead atoms. The van der Waals surface area contributed by atoms with Crippen LogP contribution in [0.2, 0.25) is 0 Å². The number of rotatable bonds is 2. The lowest BCUT2D eigenvalue weighted by Crippen LogP contribution is -2.58. The van der Waals surface area contributed by atoms with Crippen molar-refractivity contribution in [2.75, 3.05) is 37.7 Å². The lowest BCUT2D eigenvalue weighted by molar-refractivity contribution is -0.111. The number of aryl methyl sites for hydroxylation is 3. The van der Waals surface area contributed by atoms with E-state index in [9.17, 15) is 4.79 Å². The molecule has 1 spiro atoms. The van der Waals surface area contributed by atoms with Crippen molar-refractivity contribution in [3.8, 4) is 0 Å². The molecule has 0 unspecified atom stereocenters. The zero-order chi connectivity index (χ0) is 19.7. The van der Waals surface area contributed by atoms with Gasteiger partial charge in [0, 0.05) is 43.3 Å². The first-order valence-electron chi connectivity index (χ1n) is 9.88. The summed E-state index contributed by atoms with van der Waals surface area (Å²) in [6.07, 6.45) is 3.48. The second-order valence-corrected chi connectivity index (χ2v) is 7.80. The molecule has 2 aliphatic rings. The number of pyridine rings is 1. The average molecular weight is 381 g/mol. The van der Waals surface area contributed by atoms with Crippen molar-refractivity contribution in [2.24, 2.45) is 0 Å². The van der Waals surface area contributed by atoms with E-state index in [0.717, 1.165) is 49.0 Å². The first kappa shape index (κ1) is 18.8. The van der Waals surface area contributed by atoms with Gasteiger partial charge in [0.25, 0.3) is 5.91 Å². The highest BCUT2D eigenvalue weighted by atomic mass is 16.5. The highest BCUT2D eigenvalue weighted by Gasteiger charge is 2.41. The van der Waals surface area contributed by atoms with E-state index in [1.54, 1.807) is 6.20 Å². The van der Waals surface area contributed by atoms with E-state index in [4.69, 9.17) is 4.74 Å². The van der Waals surface area contributed by atoms with Gasteiger partial charge >= 0.3 is 0 Å². The minimum absolute atomic E-state index is 0.0535. The molecule has 7 nitrogen and oxygen atoms in total. The van der Waals surface area contributed by atoms with Crippen molar-refractivity contribution >= 4 is 11.7 Å². The van der Waals surface area contributed by atoms with Gasteiger partial charge in [-0.05, 0) is 45.7 Å². The number of anilines is 1. The fourth-order valence-electron chi connectivity index (χ4n) is 4.20. The van der Waals surface area contributed by atoms with Gasteiger partial charge in [-0.1, -0.05) is 0 Å². The Morgan fingerprint density at radius 3 is 2.64 bits per heavy atom. The molecule has 0 atom stereocenters. The second kappa shape index (κ2) is 7.47. The molecule has 2 aromatic heterocycles. The first-order valence-corrected chi connectivity index (χ1v) is 9.88. The molecule has 0 aromatic carbocycles. The molecule has 28 heavy (non-hydrogen) atoms. The summed E-state index contributed by atoms with van der Waals surface area (Å²) in [4.78, 5) is 30.4. The number of carbonyl (C=O) groups is 1. The molecule has 1 amide bonds. The van der Waals surface area contributed by atoms with E-state index in [1.807, 2.05) is 43.9 Å². The Balaban J connectivity index is 1.45. The largest absolute Gasteiger partial charge is 0.371 e. The molecule has 2 aromatic rings. The van der Waals surface area contributed by atoms with Gasteiger partial charge in [-0.25, -0.2) is 9.97 Å². The lowest BCUT2D eigenvalue weighted by Gasteiger charge is -2.47. The SMILES string of the molecule is Cc1cc(N2CCC3(CC2)CN(C(=O)c2cccnc2C)CCO3)nc(C)n1. The molecule has 2 fully saturated rings. The number of hydrogen-bond acceptors (Lipinski definition) is 6. The predicted molar refractivity (Wildman–Crippen MR) is 107 cm³/mol. The van der Waals surface area contributed by atoms with Crippen LogP contribution in [0.25, 0.3) is 0 Å². The van der Waals surface area contributed by atoms with E-state index in [-0.39, 0.29) is 11.5 Å². The molecule has 148 valence electrons. The highest BCUT2D eigenvalue weighted by molar-refractivity contribution is 5.95. The van der Waals surface area contributed by atoms with Crippen molar-refractivity contribution in [1.82, 2.24) is 19.9 Å². The molecular formula is C21H27N5O2. The summed E-state index contributed by atoms with van der Waals surface area (Å²) in [5.74, 6) is 1.83. The van der Waals surface area contributed by atoms with Crippen molar-refractivity contribution in [1.29, 1.82) is 0 Å². The fourth-order valence-corrected chi connectivity index (χ4v) is 4.20. The standard InChI is InChI=1S/C21H27N5O2/c1-15-13-19(24-17(3)23-15)25-9-6-21(7-10-25)14-26(11-12-28-21)20(27)18-5-4-8-22-16(18)2/h4-5,8,13H,6-7,9-12,14H2,1-3H3. The second-order valence-electron chi connectivity index (χ2n) is 7.80. The van der Waals surface area contributed by atoms with Gasteiger partial charge < -0.3 is 14.5 Å². The number of ether oxygens (including phenoxy) is 1. The van der Waals surface area contributed by atoms with Gasteiger partial charge in [-0.15, -0.1) is 0 Å². The highest BCUT2D eigenvalue weighted by Crippen LogP contribution is 2.32. The monoisotopic (exact) mass is 381 g/mol. The average Bonchev–Trinajstić information content (AvgIpc) is 2.68. The Labute approximate surface area is 165 Å². The molecule has 4 rings (SSSR count). The number of amides is 1. The summed E-state index contributed by atoms with van der Waals surface area (Å²) in [7, 11) is 0. The minimum atomic E-state index is -0.266. The topological polar surface area (TPSA) is 71.5 Å². The summed E-state index contributed by atoms with van der Waals surface area (Å²) in [6, 6.07) is 5.71. The number of carbonyl (C=O) groups excluding carboxylic acids is 1. The third-order valence-corrected chi connectivity index (χ3v) is 5.72. The van der Waals surface area contributed by atoms with E-state index in [2.05, 4.69) is 19.9 Å². The van der Waals surface area contributed by atoms with Crippen LogP contribution in [0, 0.1) is 20.8 Å². The number of nitrogens with zero attached hydrogens (tertiary/aromatic N) is 5. The molecular weight excluding hydrogens is 354 g/mol. The van der Waals surface area contributed by atoms with Gasteiger partial charge in [0.2, 0.25) is 0 Å². The fraction of sp³-hybridized carbons (Fsp3) is 0.524. The maximum Gasteiger partial charge on any atom is 0.255 e. The van der Waals surface area contributed by atoms with E-state index < -0.39 is 0 Å². The molecule has 2 aliphatic heterocycles. The van der Waals surface area contributed by atoms with Crippen LogP contribution in [0.3, 0.4) is 0 Å². The van der Waals surface area contributed by atoms with Crippen molar-refractivity contribution < 1.29 is 9.53 Å². The number of piperidine rings is 1. The Bertz CT molecular complexity index is 857. The van der Waals surface area contributed by atoms with Crippen LogP contribution in [0.1, 0.15) is 40.4 Å². The summed E-state index contributed by atoms with van der Waals surface area (Å²) in [6.45, 7) is 9.38. The normalized spacial score (nSPS) is 19.1. The Hall–Kier alpha value is -2.54. The van der Waals surface area contributed by atoms with Gasteiger partial charge in [0.1, 0.15) is 11.6 Å². The summed E-state index contributed by atoms with van der Waals surface area (Å²) in [5.41, 5.74) is 2.18. The van der Waals surface area contributed by atoms with Crippen LogP contribution in [0.5, 0.6) is 0 Å². The van der Waals surface area contributed by atoms with E-state index in [0.29, 0.717) is 25.3 Å². The van der Waals surface area contributed by atoms with E-state index >= 15 is 0 Å². The summed E-state index contributed by atoms with van der Waals surface area (Å²) in [5, 5.41) is 0. The minimum Gasteiger partial charge on any atom is -0.371 e. The predicted octanol–water partition coefficient (Wildman–Crippen LogP) is 2.31. The Kier molecular flexibility index (Phi) is 5.02. The molecule has 0 aliphatic carbocycles. The van der Waals surface area contributed by atoms with Crippen LogP contribution in [0.4, 0.5) is 5.82 Å². The number of aromatic nitrogens is 3. The summed E-state index contributed by atoms with van der Waals surface area (Å²) < 4.78 is 6.22. The molecule has 0 N–H and O–H groups in total. The van der Waals surface area contributed by atoms with Gasteiger partial charge in [-0.2, -0.15) is 0 Å². The van der Waals surface area contributed by atoms with Crippen LogP contribution >= 0.6 is 0 Å². The molecule has 7 heteroatoms. The van der Waals surface area contributed by atoms with Crippen molar-refractivity contribution in [3.63, 3.8) is 0 Å². The van der Waals surface area contributed by atoms with Crippen LogP contribution in [-0.2, 0) is 4.74 Å². The third-order valence-electron chi connectivity index (χ3n) is 5.72. The van der Waals surface area contributed by atoms with Crippen molar-refractivity contribution in [3.05, 3.63) is 47.2 Å². The molecule has 0 saturated carbocycles. The number of hydrogen-bond donors (Lipinski definition) is 0. The smallest absolute Gasteiger partial charge is 0.255 e.